The SMILES string of the molecule is O=C(CCCS(=O)(=O)c1ccc(Cl)cc1)Nc1sccc1-c1nc2ccccc2s1. The van der Waals surface area contributed by atoms with E-state index in [0.717, 1.165) is 25.8 Å². The Kier molecular flexibility index (Phi) is 6.19. The maximum absolute atomic E-state index is 12.4. The summed E-state index contributed by atoms with van der Waals surface area (Å²) in [4.78, 5) is 17.3. The van der Waals surface area contributed by atoms with E-state index < -0.39 is 9.84 Å². The Morgan fingerprint density at radius 2 is 1.83 bits per heavy atom. The number of rotatable bonds is 7. The quantitative estimate of drug-likeness (QED) is 0.362. The lowest BCUT2D eigenvalue weighted by Crippen LogP contribution is -2.14. The van der Waals surface area contributed by atoms with Gasteiger partial charge >= 0.3 is 0 Å². The number of thiazole rings is 1. The molecule has 0 aliphatic carbocycles. The number of aromatic nitrogens is 1. The standard InChI is InChI=1S/C21H17ClN2O3S3/c22-14-7-9-15(10-8-14)30(26,27)13-3-6-19(25)24-20-16(11-12-28-20)21-23-17-4-1-2-5-18(17)29-21/h1-2,4-5,7-12H,3,6,13H2,(H,24,25). The Morgan fingerprint density at radius 1 is 1.07 bits per heavy atom. The highest BCUT2D eigenvalue weighted by molar-refractivity contribution is 7.91. The second kappa shape index (κ2) is 8.85. The molecule has 1 amide bonds. The number of amides is 1. The molecule has 1 N–H and O–H groups in total. The van der Waals surface area contributed by atoms with E-state index in [1.165, 1.54) is 23.5 Å². The molecule has 0 radical (unpaired) electrons. The van der Waals surface area contributed by atoms with Crippen molar-refractivity contribution in [3.05, 3.63) is 65.0 Å². The number of para-hydroxylation sites is 1. The first-order chi connectivity index (χ1) is 14.4. The van der Waals surface area contributed by atoms with E-state index in [1.54, 1.807) is 23.5 Å². The number of halogens is 1. The van der Waals surface area contributed by atoms with E-state index >= 15 is 0 Å². The molecule has 0 spiro atoms. The van der Waals surface area contributed by atoms with Crippen LogP contribution in [-0.4, -0.2) is 25.1 Å². The highest BCUT2D eigenvalue weighted by Gasteiger charge is 2.17. The monoisotopic (exact) mass is 476 g/mol. The maximum atomic E-state index is 12.4. The largest absolute Gasteiger partial charge is 0.317 e. The molecule has 4 aromatic rings. The lowest BCUT2D eigenvalue weighted by molar-refractivity contribution is -0.116. The Morgan fingerprint density at radius 3 is 2.60 bits per heavy atom. The summed E-state index contributed by atoms with van der Waals surface area (Å²) in [6.07, 6.45) is 0.350. The van der Waals surface area contributed by atoms with Crippen LogP contribution < -0.4 is 5.32 Å². The third-order valence-corrected chi connectivity index (χ3v) is 8.40. The average molecular weight is 477 g/mol. The van der Waals surface area contributed by atoms with E-state index in [0.29, 0.717) is 5.02 Å². The van der Waals surface area contributed by atoms with Crippen LogP contribution in [0.15, 0.2) is 64.9 Å². The van der Waals surface area contributed by atoms with Crippen LogP contribution in [0.1, 0.15) is 12.8 Å². The molecule has 0 unspecified atom stereocenters. The predicted molar refractivity (Wildman–Crippen MR) is 124 cm³/mol. The van der Waals surface area contributed by atoms with Crippen LogP contribution in [0.2, 0.25) is 5.02 Å². The minimum atomic E-state index is -3.45. The number of nitrogens with zero attached hydrogens (tertiary/aromatic N) is 1. The van der Waals surface area contributed by atoms with Gasteiger partial charge in [0.15, 0.2) is 9.84 Å². The van der Waals surface area contributed by atoms with Crippen molar-refractivity contribution in [3.63, 3.8) is 0 Å². The third kappa shape index (κ3) is 4.73. The summed E-state index contributed by atoms with van der Waals surface area (Å²) in [5, 5.41) is 6.85. The molecule has 2 heterocycles. The molecule has 0 aliphatic heterocycles. The minimum absolute atomic E-state index is 0.1000. The molecule has 30 heavy (non-hydrogen) atoms. The number of hydrogen-bond donors (Lipinski definition) is 1. The van der Waals surface area contributed by atoms with Crippen LogP contribution in [-0.2, 0) is 14.6 Å². The normalized spacial score (nSPS) is 11.6. The topological polar surface area (TPSA) is 76.1 Å². The zero-order valence-corrected chi connectivity index (χ0v) is 18.9. The molecule has 0 bridgehead atoms. The molecule has 2 aromatic heterocycles. The highest BCUT2D eigenvalue weighted by atomic mass is 35.5. The number of benzene rings is 2. The molecule has 0 fully saturated rings. The highest BCUT2D eigenvalue weighted by Crippen LogP contribution is 2.37. The second-order valence-electron chi connectivity index (χ2n) is 6.57. The molecule has 0 aliphatic rings. The number of carbonyl (C=O) groups excluding carboxylic acids is 1. The van der Waals surface area contributed by atoms with Crippen LogP contribution >= 0.6 is 34.3 Å². The fraction of sp³-hybridized carbons (Fsp3) is 0.143. The lowest BCUT2D eigenvalue weighted by Gasteiger charge is -2.06. The molecule has 4 rings (SSSR count). The first-order valence-corrected chi connectivity index (χ1v) is 12.9. The number of anilines is 1. The Labute approximate surface area is 187 Å². The molecule has 2 aromatic carbocycles. The zero-order chi connectivity index (χ0) is 21.1. The summed E-state index contributed by atoms with van der Waals surface area (Å²) in [6, 6.07) is 15.9. The van der Waals surface area contributed by atoms with Crippen molar-refractivity contribution in [2.24, 2.45) is 0 Å². The second-order valence-corrected chi connectivity index (χ2v) is 11.1. The predicted octanol–water partition coefficient (Wildman–Crippen LogP) is 5.87. The van der Waals surface area contributed by atoms with Gasteiger partial charge in [0.25, 0.3) is 0 Å². The number of hydrogen-bond acceptors (Lipinski definition) is 6. The van der Waals surface area contributed by atoms with E-state index in [4.69, 9.17) is 11.6 Å². The Bertz CT molecular complexity index is 1260. The maximum Gasteiger partial charge on any atom is 0.225 e. The molecule has 5 nitrogen and oxygen atoms in total. The van der Waals surface area contributed by atoms with Gasteiger partial charge in [-0.15, -0.1) is 22.7 Å². The molecule has 0 saturated heterocycles. The van der Waals surface area contributed by atoms with Crippen molar-refractivity contribution in [2.45, 2.75) is 17.7 Å². The van der Waals surface area contributed by atoms with E-state index in [1.807, 2.05) is 35.7 Å². The first kappa shape index (κ1) is 21.0. The van der Waals surface area contributed by atoms with Gasteiger partial charge in [-0.2, -0.15) is 0 Å². The van der Waals surface area contributed by atoms with Crippen LogP contribution in [0.25, 0.3) is 20.8 Å². The van der Waals surface area contributed by atoms with Gasteiger partial charge in [-0.25, -0.2) is 13.4 Å². The van der Waals surface area contributed by atoms with Crippen molar-refractivity contribution in [1.82, 2.24) is 4.98 Å². The molecule has 9 heteroatoms. The van der Waals surface area contributed by atoms with Gasteiger partial charge in [-0.1, -0.05) is 23.7 Å². The van der Waals surface area contributed by atoms with Gasteiger partial charge in [0.1, 0.15) is 10.0 Å². The number of nitrogens with one attached hydrogen (secondary N) is 1. The van der Waals surface area contributed by atoms with Crippen molar-refractivity contribution >= 4 is 65.2 Å². The first-order valence-electron chi connectivity index (χ1n) is 9.14. The van der Waals surface area contributed by atoms with Crippen molar-refractivity contribution in [1.29, 1.82) is 0 Å². The summed E-state index contributed by atoms with van der Waals surface area (Å²) in [7, 11) is -3.45. The van der Waals surface area contributed by atoms with Gasteiger partial charge < -0.3 is 5.32 Å². The van der Waals surface area contributed by atoms with Crippen molar-refractivity contribution in [3.8, 4) is 10.6 Å². The van der Waals surface area contributed by atoms with E-state index in [9.17, 15) is 13.2 Å². The van der Waals surface area contributed by atoms with Gasteiger partial charge in [-0.05, 0) is 54.3 Å². The average Bonchev–Trinajstić information content (AvgIpc) is 3.34. The summed E-state index contributed by atoms with van der Waals surface area (Å²) >= 11 is 8.80. The van der Waals surface area contributed by atoms with Gasteiger partial charge in [0.2, 0.25) is 5.91 Å². The fourth-order valence-electron chi connectivity index (χ4n) is 2.93. The van der Waals surface area contributed by atoms with Crippen molar-refractivity contribution < 1.29 is 13.2 Å². The van der Waals surface area contributed by atoms with Crippen LogP contribution in [0.4, 0.5) is 5.00 Å². The lowest BCUT2D eigenvalue weighted by atomic mass is 10.3. The number of fused-ring (bicyclic) bond motifs is 1. The summed E-state index contributed by atoms with van der Waals surface area (Å²) in [5.41, 5.74) is 1.80. The molecular formula is C21H17ClN2O3S3. The summed E-state index contributed by atoms with van der Waals surface area (Å²) in [6.45, 7) is 0. The molecule has 0 atom stereocenters. The summed E-state index contributed by atoms with van der Waals surface area (Å²) < 4.78 is 25.9. The van der Waals surface area contributed by atoms with Crippen molar-refractivity contribution in [2.75, 3.05) is 11.1 Å². The van der Waals surface area contributed by atoms with Gasteiger partial charge in [0, 0.05) is 17.0 Å². The fourth-order valence-corrected chi connectivity index (χ4v) is 6.24. The van der Waals surface area contributed by atoms with Gasteiger partial charge in [-0.3, -0.25) is 4.79 Å². The van der Waals surface area contributed by atoms with E-state index in [2.05, 4.69) is 10.3 Å². The van der Waals surface area contributed by atoms with E-state index in [-0.39, 0.29) is 29.4 Å². The third-order valence-electron chi connectivity index (χ3n) is 4.43. The molecule has 154 valence electrons. The van der Waals surface area contributed by atoms with Crippen LogP contribution in [0.3, 0.4) is 0 Å². The molecule has 0 saturated carbocycles. The van der Waals surface area contributed by atoms with Gasteiger partial charge in [0.05, 0.1) is 20.9 Å². The molecular weight excluding hydrogens is 460 g/mol. The Balaban J connectivity index is 1.38. The minimum Gasteiger partial charge on any atom is -0.317 e. The smallest absolute Gasteiger partial charge is 0.225 e. The number of sulfone groups is 1. The Hall–Kier alpha value is -2.26. The zero-order valence-electron chi connectivity index (χ0n) is 15.7. The summed E-state index contributed by atoms with van der Waals surface area (Å²) in [5.74, 6) is -0.317. The number of carbonyl (C=O) groups is 1. The number of thiophene rings is 1. The van der Waals surface area contributed by atoms with Crippen LogP contribution in [0, 0.1) is 0 Å². The van der Waals surface area contributed by atoms with Crippen LogP contribution in [0.5, 0.6) is 0 Å².